The molecular formula is C14H30F2N2O2. The van der Waals surface area contributed by atoms with Gasteiger partial charge >= 0.3 is 0 Å². The van der Waals surface area contributed by atoms with E-state index >= 15 is 0 Å². The number of nitrogens with zero attached hydrogens (tertiary/aromatic N) is 1. The maximum absolute atomic E-state index is 13.0. The molecule has 0 aromatic rings. The summed E-state index contributed by atoms with van der Waals surface area (Å²) in [6.45, 7) is 8.53. The summed E-state index contributed by atoms with van der Waals surface area (Å²) in [6, 6.07) is 0. The highest BCUT2D eigenvalue weighted by atomic mass is 19.3. The zero-order valence-electron chi connectivity index (χ0n) is 13.1. The quantitative estimate of drug-likeness (QED) is 0.660. The minimum atomic E-state index is -2.87. The lowest BCUT2D eigenvalue weighted by molar-refractivity contribution is -0.116. The normalized spacial score (nSPS) is 16.6. The first-order valence-corrected chi connectivity index (χ1v) is 7.52. The van der Waals surface area contributed by atoms with Crippen LogP contribution in [0.25, 0.3) is 0 Å². The van der Waals surface area contributed by atoms with Crippen molar-refractivity contribution in [1.29, 1.82) is 0 Å². The van der Waals surface area contributed by atoms with Gasteiger partial charge in [-0.3, -0.25) is 0 Å². The largest absolute Gasteiger partial charge is 0.378 e. The fourth-order valence-corrected chi connectivity index (χ4v) is 1.95. The smallest absolute Gasteiger partial charge is 0.293 e. The van der Waals surface area contributed by atoms with Gasteiger partial charge in [0.05, 0.1) is 0 Å². The third kappa shape index (κ3) is 10.5. The van der Waals surface area contributed by atoms with Crippen LogP contribution in [0.2, 0.25) is 0 Å². The van der Waals surface area contributed by atoms with Gasteiger partial charge in [-0.25, -0.2) is 8.78 Å². The summed E-state index contributed by atoms with van der Waals surface area (Å²) in [5.74, 6) is -2.87. The molecule has 0 aliphatic carbocycles. The predicted octanol–water partition coefficient (Wildman–Crippen LogP) is 2.00. The van der Waals surface area contributed by atoms with Crippen molar-refractivity contribution in [3.63, 3.8) is 0 Å². The standard InChI is InChI=1S/C12H24F2N2O2.C2H6/c1-17-10-12(13,14)11-18-9-3-2-6-16-7-4-15-5-8-16;1-2/h15H,2-11H2,1H3;1-2H3. The molecule has 0 amide bonds. The lowest BCUT2D eigenvalue weighted by Gasteiger charge is -2.27. The van der Waals surface area contributed by atoms with E-state index in [1.807, 2.05) is 13.8 Å². The molecule has 4 nitrogen and oxygen atoms in total. The van der Waals surface area contributed by atoms with Crippen molar-refractivity contribution >= 4 is 0 Å². The molecule has 0 aromatic heterocycles. The first kappa shape index (κ1) is 19.7. The summed E-state index contributed by atoms with van der Waals surface area (Å²) >= 11 is 0. The number of nitrogens with one attached hydrogen (secondary N) is 1. The van der Waals surface area contributed by atoms with Gasteiger partial charge < -0.3 is 19.7 Å². The van der Waals surface area contributed by atoms with Gasteiger partial charge in [-0.1, -0.05) is 13.8 Å². The summed E-state index contributed by atoms with van der Waals surface area (Å²) in [5.41, 5.74) is 0. The van der Waals surface area contributed by atoms with Gasteiger partial charge in [0.25, 0.3) is 5.92 Å². The van der Waals surface area contributed by atoms with E-state index in [9.17, 15) is 8.78 Å². The van der Waals surface area contributed by atoms with Crippen LogP contribution in [0, 0.1) is 0 Å². The molecule has 0 atom stereocenters. The topological polar surface area (TPSA) is 33.7 Å². The molecule has 1 aliphatic heterocycles. The molecule has 1 aliphatic rings. The first-order valence-electron chi connectivity index (χ1n) is 7.52. The van der Waals surface area contributed by atoms with Crippen LogP contribution in [0.4, 0.5) is 8.78 Å². The number of alkyl halides is 2. The molecule has 1 rings (SSSR count). The molecule has 1 saturated heterocycles. The van der Waals surface area contributed by atoms with E-state index in [2.05, 4.69) is 15.0 Å². The Balaban J connectivity index is 0.00000172. The van der Waals surface area contributed by atoms with Crippen LogP contribution < -0.4 is 5.32 Å². The van der Waals surface area contributed by atoms with Crippen LogP contribution in [-0.2, 0) is 9.47 Å². The van der Waals surface area contributed by atoms with Gasteiger partial charge in [0.2, 0.25) is 0 Å². The summed E-state index contributed by atoms with van der Waals surface area (Å²) in [5, 5.41) is 3.29. The van der Waals surface area contributed by atoms with Gasteiger partial charge in [-0.15, -0.1) is 0 Å². The molecule has 0 saturated carbocycles. The molecule has 1 heterocycles. The van der Waals surface area contributed by atoms with Crippen molar-refractivity contribution in [3.05, 3.63) is 0 Å². The van der Waals surface area contributed by atoms with Crippen molar-refractivity contribution in [2.75, 3.05) is 59.7 Å². The maximum Gasteiger partial charge on any atom is 0.293 e. The average Bonchev–Trinajstić information content (AvgIpc) is 2.46. The van der Waals surface area contributed by atoms with Crippen LogP contribution >= 0.6 is 0 Å². The minimum Gasteiger partial charge on any atom is -0.378 e. The van der Waals surface area contributed by atoms with Crippen molar-refractivity contribution < 1.29 is 18.3 Å². The van der Waals surface area contributed by atoms with Gasteiger partial charge in [-0.2, -0.15) is 0 Å². The second-order valence-corrected chi connectivity index (χ2v) is 4.64. The van der Waals surface area contributed by atoms with Crippen molar-refractivity contribution in [3.8, 4) is 0 Å². The summed E-state index contributed by atoms with van der Waals surface area (Å²) in [7, 11) is 1.27. The lowest BCUT2D eigenvalue weighted by Crippen LogP contribution is -2.43. The molecule has 0 spiro atoms. The fourth-order valence-electron chi connectivity index (χ4n) is 1.95. The highest BCUT2D eigenvalue weighted by Gasteiger charge is 2.28. The Morgan fingerprint density at radius 3 is 2.35 bits per heavy atom. The summed E-state index contributed by atoms with van der Waals surface area (Å²) in [6.07, 6.45) is 1.82. The van der Waals surface area contributed by atoms with E-state index in [4.69, 9.17) is 4.74 Å². The van der Waals surface area contributed by atoms with E-state index in [0.29, 0.717) is 6.61 Å². The Labute approximate surface area is 121 Å². The number of methoxy groups -OCH3 is 1. The molecule has 0 unspecified atom stereocenters. The second-order valence-electron chi connectivity index (χ2n) is 4.64. The average molecular weight is 296 g/mol. The highest BCUT2D eigenvalue weighted by Crippen LogP contribution is 2.13. The van der Waals surface area contributed by atoms with Gasteiger partial charge in [0, 0.05) is 39.9 Å². The van der Waals surface area contributed by atoms with E-state index < -0.39 is 19.1 Å². The van der Waals surface area contributed by atoms with E-state index in [0.717, 1.165) is 45.6 Å². The monoisotopic (exact) mass is 296 g/mol. The van der Waals surface area contributed by atoms with Crippen LogP contribution in [0.15, 0.2) is 0 Å². The van der Waals surface area contributed by atoms with Crippen molar-refractivity contribution in [2.45, 2.75) is 32.6 Å². The number of unbranched alkanes of at least 4 members (excludes halogenated alkanes) is 1. The molecule has 1 fully saturated rings. The number of hydrogen-bond acceptors (Lipinski definition) is 4. The Bertz CT molecular complexity index is 213. The Morgan fingerprint density at radius 1 is 1.10 bits per heavy atom. The van der Waals surface area contributed by atoms with Crippen molar-refractivity contribution in [1.82, 2.24) is 10.2 Å². The molecule has 122 valence electrons. The number of ether oxygens (including phenoxy) is 2. The van der Waals surface area contributed by atoms with Crippen LogP contribution in [0.1, 0.15) is 26.7 Å². The van der Waals surface area contributed by atoms with Crippen molar-refractivity contribution in [2.24, 2.45) is 0 Å². The van der Waals surface area contributed by atoms with Gasteiger partial charge in [0.15, 0.2) is 0 Å². The summed E-state index contributed by atoms with van der Waals surface area (Å²) < 4.78 is 35.3. The molecular weight excluding hydrogens is 266 g/mol. The van der Waals surface area contributed by atoms with Crippen LogP contribution in [0.3, 0.4) is 0 Å². The van der Waals surface area contributed by atoms with E-state index in [1.165, 1.54) is 7.11 Å². The molecule has 6 heteroatoms. The number of rotatable bonds is 9. The van der Waals surface area contributed by atoms with Crippen LogP contribution in [-0.4, -0.2) is 70.5 Å². The zero-order chi connectivity index (χ0) is 15.3. The second kappa shape index (κ2) is 12.4. The molecule has 0 aromatic carbocycles. The Kier molecular flexibility index (Phi) is 12.3. The van der Waals surface area contributed by atoms with E-state index in [1.54, 1.807) is 0 Å². The zero-order valence-corrected chi connectivity index (χ0v) is 13.1. The number of piperazine rings is 1. The first-order chi connectivity index (χ1) is 9.64. The molecule has 0 bridgehead atoms. The SMILES string of the molecule is CC.COCC(F)(F)COCCCCN1CCNCC1. The minimum absolute atomic E-state index is 0.394. The highest BCUT2D eigenvalue weighted by molar-refractivity contribution is 4.67. The lowest BCUT2D eigenvalue weighted by atomic mass is 10.2. The van der Waals surface area contributed by atoms with E-state index in [-0.39, 0.29) is 0 Å². The van der Waals surface area contributed by atoms with Gasteiger partial charge in [-0.05, 0) is 19.4 Å². The molecule has 0 radical (unpaired) electrons. The molecule has 1 N–H and O–H groups in total. The Morgan fingerprint density at radius 2 is 1.75 bits per heavy atom. The Hall–Kier alpha value is -0.300. The molecule has 20 heavy (non-hydrogen) atoms. The van der Waals surface area contributed by atoms with Gasteiger partial charge in [0.1, 0.15) is 13.2 Å². The summed E-state index contributed by atoms with van der Waals surface area (Å²) in [4.78, 5) is 2.38. The fraction of sp³-hybridized carbons (Fsp3) is 1.00. The number of hydrogen-bond donors (Lipinski definition) is 1. The number of halogens is 2. The third-order valence-electron chi connectivity index (χ3n) is 2.89. The maximum atomic E-state index is 13.0. The third-order valence-corrected chi connectivity index (χ3v) is 2.89. The predicted molar refractivity (Wildman–Crippen MR) is 77.5 cm³/mol. The van der Waals surface area contributed by atoms with Crippen LogP contribution in [0.5, 0.6) is 0 Å².